The van der Waals surface area contributed by atoms with Gasteiger partial charge in [0, 0.05) is 39.6 Å². The maximum absolute atomic E-state index is 11.9. The Morgan fingerprint density at radius 2 is 2.00 bits per heavy atom. The lowest BCUT2D eigenvalue weighted by atomic mass is 10.1. The molecule has 6 nitrogen and oxygen atoms in total. The second kappa shape index (κ2) is 10.7. The molecule has 1 aliphatic rings. The molecule has 0 atom stereocenters. The van der Waals surface area contributed by atoms with Crippen LogP contribution in [0.1, 0.15) is 35.1 Å². The number of aliphatic imine (C=N–C) groups is 1. The molecule has 30 heavy (non-hydrogen) atoms. The zero-order chi connectivity index (χ0) is 21.3. The van der Waals surface area contributed by atoms with Crippen LogP contribution in [0.2, 0.25) is 0 Å². The van der Waals surface area contributed by atoms with Gasteiger partial charge in [0.15, 0.2) is 5.96 Å². The summed E-state index contributed by atoms with van der Waals surface area (Å²) in [6.07, 6.45) is 2.50. The van der Waals surface area contributed by atoms with E-state index in [0.717, 1.165) is 37.6 Å². The maximum Gasteiger partial charge on any atom is 0.222 e. The molecule has 1 fully saturated rings. The minimum Gasteiger partial charge on any atom is -0.496 e. The number of nitrogens with one attached hydrogen (secondary N) is 2. The lowest BCUT2D eigenvalue weighted by Crippen LogP contribution is -2.37. The van der Waals surface area contributed by atoms with Gasteiger partial charge < -0.3 is 20.3 Å². The van der Waals surface area contributed by atoms with Crippen LogP contribution >= 0.6 is 0 Å². The van der Waals surface area contributed by atoms with Gasteiger partial charge in [-0.1, -0.05) is 42.0 Å². The molecular formula is C24H32N4O2. The zero-order valence-electron chi connectivity index (χ0n) is 18.2. The number of carbonyl (C=O) groups excluding carboxylic acids is 1. The molecule has 0 unspecified atom stereocenters. The molecule has 1 heterocycles. The average Bonchev–Trinajstić information content (AvgIpc) is 3.15. The summed E-state index contributed by atoms with van der Waals surface area (Å²) in [5.74, 6) is 1.94. The van der Waals surface area contributed by atoms with Crippen LogP contribution < -0.4 is 15.4 Å². The largest absolute Gasteiger partial charge is 0.496 e. The normalized spacial score (nSPS) is 14.2. The Morgan fingerprint density at radius 1 is 1.17 bits per heavy atom. The third-order valence-corrected chi connectivity index (χ3v) is 5.34. The maximum atomic E-state index is 11.9. The highest BCUT2D eigenvalue weighted by molar-refractivity contribution is 5.79. The van der Waals surface area contributed by atoms with Crippen molar-refractivity contribution in [3.63, 3.8) is 0 Å². The molecule has 2 aromatic carbocycles. The Morgan fingerprint density at radius 3 is 2.73 bits per heavy atom. The van der Waals surface area contributed by atoms with Gasteiger partial charge in [0.25, 0.3) is 0 Å². The van der Waals surface area contributed by atoms with Crippen molar-refractivity contribution in [1.82, 2.24) is 15.5 Å². The van der Waals surface area contributed by atoms with Crippen molar-refractivity contribution in [1.29, 1.82) is 0 Å². The van der Waals surface area contributed by atoms with Crippen molar-refractivity contribution in [2.24, 2.45) is 4.99 Å². The highest BCUT2D eigenvalue weighted by Gasteiger charge is 2.19. The fourth-order valence-corrected chi connectivity index (χ4v) is 3.75. The number of hydrogen-bond donors (Lipinski definition) is 2. The molecule has 0 aliphatic carbocycles. The summed E-state index contributed by atoms with van der Waals surface area (Å²) in [5, 5.41) is 6.74. The number of guanidine groups is 1. The number of amides is 1. The summed E-state index contributed by atoms with van der Waals surface area (Å²) >= 11 is 0. The van der Waals surface area contributed by atoms with Crippen LogP contribution in [-0.2, 0) is 24.3 Å². The Balaban J connectivity index is 1.49. The third-order valence-electron chi connectivity index (χ3n) is 5.34. The molecule has 160 valence electrons. The monoisotopic (exact) mass is 408 g/mol. The quantitative estimate of drug-likeness (QED) is 0.521. The van der Waals surface area contributed by atoms with Gasteiger partial charge in [-0.25, -0.2) is 0 Å². The molecule has 3 rings (SSSR count). The Kier molecular flexibility index (Phi) is 7.71. The van der Waals surface area contributed by atoms with Crippen LogP contribution in [0.4, 0.5) is 0 Å². The third kappa shape index (κ3) is 5.99. The van der Waals surface area contributed by atoms with Crippen molar-refractivity contribution in [2.75, 3.05) is 27.2 Å². The van der Waals surface area contributed by atoms with Crippen molar-refractivity contribution in [2.45, 2.75) is 39.3 Å². The molecule has 1 amide bonds. The minimum atomic E-state index is 0.258. The van der Waals surface area contributed by atoms with Gasteiger partial charge in [-0.05, 0) is 42.5 Å². The smallest absolute Gasteiger partial charge is 0.222 e. The summed E-state index contributed by atoms with van der Waals surface area (Å²) in [7, 11) is 3.48. The number of nitrogens with zero attached hydrogens (tertiary/aromatic N) is 2. The van der Waals surface area contributed by atoms with Gasteiger partial charge in [0.05, 0.1) is 7.11 Å². The number of likely N-dealkylation sites (tertiary alicyclic amines) is 1. The number of rotatable bonds is 8. The van der Waals surface area contributed by atoms with Crippen molar-refractivity contribution in [3.05, 3.63) is 64.7 Å². The van der Waals surface area contributed by atoms with E-state index < -0.39 is 0 Å². The van der Waals surface area contributed by atoms with E-state index in [1.54, 1.807) is 14.2 Å². The van der Waals surface area contributed by atoms with Crippen LogP contribution in [0, 0.1) is 6.92 Å². The highest BCUT2D eigenvalue weighted by atomic mass is 16.5. The lowest BCUT2D eigenvalue weighted by molar-refractivity contribution is -0.128. The molecule has 0 aromatic heterocycles. The number of aryl methyl sites for hydroxylation is 1. The second-order valence-corrected chi connectivity index (χ2v) is 7.66. The standard InChI is InChI=1S/C24H32N4O2/c1-18-9-10-22(30-3)21(14-18)11-12-26-24(25-2)27-16-19-6-4-7-20(15-19)17-28-13-5-8-23(28)29/h4,6-7,9-10,14-15H,5,8,11-13,16-17H2,1-3H3,(H2,25,26,27). The molecule has 2 N–H and O–H groups in total. The van der Waals surface area contributed by atoms with E-state index in [-0.39, 0.29) is 5.91 Å². The van der Waals surface area contributed by atoms with Gasteiger partial charge in [0.2, 0.25) is 5.91 Å². The van der Waals surface area contributed by atoms with Crippen molar-refractivity contribution < 1.29 is 9.53 Å². The van der Waals surface area contributed by atoms with Crippen molar-refractivity contribution >= 4 is 11.9 Å². The van der Waals surface area contributed by atoms with Gasteiger partial charge in [-0.2, -0.15) is 0 Å². The fourth-order valence-electron chi connectivity index (χ4n) is 3.75. The first-order chi connectivity index (χ1) is 14.6. The predicted octanol–water partition coefficient (Wildman–Crippen LogP) is 3.03. The summed E-state index contributed by atoms with van der Waals surface area (Å²) in [4.78, 5) is 18.1. The first-order valence-corrected chi connectivity index (χ1v) is 10.5. The van der Waals surface area contributed by atoms with E-state index in [1.807, 2.05) is 17.0 Å². The first kappa shape index (κ1) is 21.7. The molecule has 0 bridgehead atoms. The molecule has 6 heteroatoms. The Bertz CT molecular complexity index is 895. The van der Waals surface area contributed by atoms with Gasteiger partial charge in [-0.15, -0.1) is 0 Å². The first-order valence-electron chi connectivity index (χ1n) is 10.5. The Hall–Kier alpha value is -3.02. The van der Waals surface area contributed by atoms with Crippen LogP contribution in [-0.4, -0.2) is 44.0 Å². The average molecular weight is 409 g/mol. The molecule has 0 saturated carbocycles. The van der Waals surface area contributed by atoms with Gasteiger partial charge in [0.1, 0.15) is 5.75 Å². The van der Waals surface area contributed by atoms with E-state index in [9.17, 15) is 4.79 Å². The summed E-state index contributed by atoms with van der Waals surface area (Å²) in [6, 6.07) is 14.6. The highest BCUT2D eigenvalue weighted by Crippen LogP contribution is 2.19. The fraction of sp³-hybridized carbons (Fsp3) is 0.417. The summed E-state index contributed by atoms with van der Waals surface area (Å²) in [5.41, 5.74) is 4.75. The summed E-state index contributed by atoms with van der Waals surface area (Å²) in [6.45, 7) is 5.08. The predicted molar refractivity (Wildman–Crippen MR) is 121 cm³/mol. The zero-order valence-corrected chi connectivity index (χ0v) is 18.2. The van der Waals surface area contributed by atoms with Gasteiger partial charge >= 0.3 is 0 Å². The lowest BCUT2D eigenvalue weighted by Gasteiger charge is -2.17. The van der Waals surface area contributed by atoms with Gasteiger partial charge in [-0.3, -0.25) is 9.79 Å². The summed E-state index contributed by atoms with van der Waals surface area (Å²) < 4.78 is 5.46. The minimum absolute atomic E-state index is 0.258. The van der Waals surface area contributed by atoms with Crippen LogP contribution in [0.5, 0.6) is 5.75 Å². The number of benzene rings is 2. The van der Waals surface area contributed by atoms with Crippen LogP contribution in [0.15, 0.2) is 47.5 Å². The second-order valence-electron chi connectivity index (χ2n) is 7.66. The van der Waals surface area contributed by atoms with Crippen LogP contribution in [0.25, 0.3) is 0 Å². The molecule has 1 aliphatic heterocycles. The molecule has 0 radical (unpaired) electrons. The number of carbonyl (C=O) groups is 1. The molecule has 2 aromatic rings. The topological polar surface area (TPSA) is 66.0 Å². The van der Waals surface area contributed by atoms with Crippen molar-refractivity contribution in [3.8, 4) is 5.75 Å². The number of hydrogen-bond acceptors (Lipinski definition) is 3. The SMILES string of the molecule is CN=C(NCCc1cc(C)ccc1OC)NCc1cccc(CN2CCCC2=O)c1. The van der Waals surface area contributed by atoms with E-state index in [4.69, 9.17) is 4.74 Å². The molecular weight excluding hydrogens is 376 g/mol. The molecule has 1 saturated heterocycles. The van der Waals surface area contributed by atoms with E-state index in [2.05, 4.69) is 52.9 Å². The van der Waals surface area contributed by atoms with E-state index in [1.165, 1.54) is 22.3 Å². The molecule has 0 spiro atoms. The number of ether oxygens (including phenoxy) is 1. The Labute approximate surface area is 179 Å². The van der Waals surface area contributed by atoms with Crippen LogP contribution in [0.3, 0.4) is 0 Å². The number of methoxy groups -OCH3 is 1. The van der Waals surface area contributed by atoms with E-state index in [0.29, 0.717) is 19.5 Å². The van der Waals surface area contributed by atoms with E-state index >= 15 is 0 Å².